The summed E-state index contributed by atoms with van der Waals surface area (Å²) in [5.74, 6) is -0.613. The van der Waals surface area contributed by atoms with Crippen LogP contribution in [0.3, 0.4) is 0 Å². The highest BCUT2D eigenvalue weighted by atomic mass is 19.1. The second-order valence-electron chi connectivity index (χ2n) is 1.85. The monoisotopic (exact) mass is 127 g/mol. The molecule has 0 rings (SSSR count). The summed E-state index contributed by atoms with van der Waals surface area (Å²) in [6, 6.07) is 0. The van der Waals surface area contributed by atoms with Crippen molar-refractivity contribution in [1.82, 2.24) is 0 Å². The molecule has 0 aliphatic heterocycles. The molecule has 0 aromatic carbocycles. The van der Waals surface area contributed by atoms with Crippen molar-refractivity contribution >= 4 is 0 Å². The molecule has 2 heteroatoms. The lowest BCUT2D eigenvalue weighted by atomic mass is 10.3. The van der Waals surface area contributed by atoms with Crippen LogP contribution in [-0.2, 0) is 0 Å². The number of rotatable bonds is 2. The second-order valence-corrected chi connectivity index (χ2v) is 1.85. The van der Waals surface area contributed by atoms with E-state index in [9.17, 15) is 4.39 Å². The summed E-state index contributed by atoms with van der Waals surface area (Å²) < 4.78 is 12.0. The topological polar surface area (TPSA) is 26.0 Å². The Morgan fingerprint density at radius 2 is 2.00 bits per heavy atom. The zero-order chi connectivity index (χ0) is 7.44. The average Bonchev–Trinajstić information content (AvgIpc) is 1.63. The smallest absolute Gasteiger partial charge is 0.138 e. The van der Waals surface area contributed by atoms with E-state index in [-0.39, 0.29) is 5.70 Å². The van der Waals surface area contributed by atoms with E-state index < -0.39 is 5.83 Å². The number of halogens is 1. The largest absolute Gasteiger partial charge is 0.396 e. The third-order valence-corrected chi connectivity index (χ3v) is 0.715. The number of hydrogen-bond acceptors (Lipinski definition) is 1. The lowest BCUT2D eigenvalue weighted by molar-refractivity contribution is 0.653. The van der Waals surface area contributed by atoms with E-state index in [1.807, 2.05) is 0 Å². The first-order valence-electron chi connectivity index (χ1n) is 2.51. The summed E-state index contributed by atoms with van der Waals surface area (Å²) >= 11 is 0. The van der Waals surface area contributed by atoms with Crippen molar-refractivity contribution < 1.29 is 4.39 Å². The lowest BCUT2D eigenvalue weighted by Gasteiger charge is -1.93. The molecule has 2 N–H and O–H groups in total. The molecule has 0 aromatic heterocycles. The van der Waals surface area contributed by atoms with Crippen LogP contribution in [0.2, 0.25) is 0 Å². The van der Waals surface area contributed by atoms with Gasteiger partial charge >= 0.3 is 0 Å². The molecule has 0 saturated carbocycles. The Morgan fingerprint density at radius 1 is 1.56 bits per heavy atom. The highest BCUT2D eigenvalue weighted by Gasteiger charge is 1.91. The van der Waals surface area contributed by atoms with Crippen molar-refractivity contribution in [1.29, 1.82) is 0 Å². The molecule has 0 spiro atoms. The summed E-state index contributed by atoms with van der Waals surface area (Å²) in [5.41, 5.74) is 5.90. The predicted molar refractivity (Wildman–Crippen MR) is 37.3 cm³/mol. The first-order chi connectivity index (χ1) is 4.04. The molecule has 0 radical (unpaired) electrons. The maximum absolute atomic E-state index is 12.0. The average molecular weight is 127 g/mol. The lowest BCUT2D eigenvalue weighted by Crippen LogP contribution is -1.96. The quantitative estimate of drug-likeness (QED) is 0.563. The van der Waals surface area contributed by atoms with Crippen LogP contribution in [0.5, 0.6) is 0 Å². The molecule has 0 aromatic rings. The minimum atomic E-state index is -0.613. The molecule has 0 atom stereocenters. The molecular formula is C7H10FN. The van der Waals surface area contributed by atoms with Crippen molar-refractivity contribution in [3.63, 3.8) is 0 Å². The van der Waals surface area contributed by atoms with Crippen molar-refractivity contribution in [2.24, 2.45) is 5.73 Å². The highest BCUT2D eigenvalue weighted by molar-refractivity contribution is 5.27. The Balaban J connectivity index is 4.17. The molecule has 0 aliphatic carbocycles. The Labute approximate surface area is 54.4 Å². The summed E-state index contributed by atoms with van der Waals surface area (Å²) in [4.78, 5) is 0. The van der Waals surface area contributed by atoms with Gasteiger partial charge in [0.15, 0.2) is 0 Å². The first-order valence-corrected chi connectivity index (χ1v) is 2.51. The summed E-state index contributed by atoms with van der Waals surface area (Å²) in [7, 11) is 0. The van der Waals surface area contributed by atoms with E-state index in [4.69, 9.17) is 5.73 Å². The third kappa shape index (κ3) is 3.53. The molecule has 9 heavy (non-hydrogen) atoms. The first kappa shape index (κ1) is 7.95. The van der Waals surface area contributed by atoms with Gasteiger partial charge in [-0.3, -0.25) is 0 Å². The molecule has 0 bridgehead atoms. The van der Waals surface area contributed by atoms with Gasteiger partial charge in [-0.1, -0.05) is 18.7 Å². The number of hydrogen-bond donors (Lipinski definition) is 1. The van der Waals surface area contributed by atoms with Crippen molar-refractivity contribution in [2.45, 2.75) is 6.92 Å². The van der Waals surface area contributed by atoms with Crippen molar-refractivity contribution in [3.05, 3.63) is 36.3 Å². The molecule has 50 valence electrons. The van der Waals surface area contributed by atoms with Crippen LogP contribution >= 0.6 is 0 Å². The fourth-order valence-corrected chi connectivity index (χ4v) is 0.344. The predicted octanol–water partition coefficient (Wildman–Crippen LogP) is 1.89. The van der Waals surface area contributed by atoms with Crippen molar-refractivity contribution in [2.75, 3.05) is 0 Å². The van der Waals surface area contributed by atoms with Gasteiger partial charge in [-0.15, -0.1) is 0 Å². The third-order valence-electron chi connectivity index (χ3n) is 0.715. The molecule has 1 nitrogen and oxygen atoms in total. The van der Waals surface area contributed by atoms with Crippen LogP contribution in [0.4, 0.5) is 4.39 Å². The highest BCUT2D eigenvalue weighted by Crippen LogP contribution is 2.03. The van der Waals surface area contributed by atoms with E-state index >= 15 is 0 Å². The van der Waals surface area contributed by atoms with E-state index in [1.165, 1.54) is 6.08 Å². The Morgan fingerprint density at radius 3 is 2.11 bits per heavy atom. The molecule has 0 aliphatic rings. The van der Waals surface area contributed by atoms with Crippen LogP contribution in [0.15, 0.2) is 36.3 Å². The maximum atomic E-state index is 12.0. The molecule has 0 unspecified atom stereocenters. The van der Waals surface area contributed by atoms with Gasteiger partial charge in [-0.05, 0) is 13.0 Å². The van der Waals surface area contributed by atoms with Gasteiger partial charge in [0.1, 0.15) is 5.83 Å². The van der Waals surface area contributed by atoms with Gasteiger partial charge < -0.3 is 5.73 Å². The molecule has 0 heterocycles. The van der Waals surface area contributed by atoms with Crippen LogP contribution in [0, 0.1) is 0 Å². The number of nitrogens with two attached hydrogens (primary N) is 1. The van der Waals surface area contributed by atoms with Crippen molar-refractivity contribution in [3.8, 4) is 0 Å². The Bertz CT molecular complexity index is 168. The van der Waals surface area contributed by atoms with Crippen LogP contribution in [-0.4, -0.2) is 0 Å². The Kier molecular flexibility index (Phi) is 2.71. The summed E-state index contributed by atoms with van der Waals surface area (Å²) in [5, 5.41) is 0. The minimum absolute atomic E-state index is 0.0440. The van der Waals surface area contributed by atoms with Gasteiger partial charge in [0.05, 0.1) is 5.70 Å². The van der Waals surface area contributed by atoms with Crippen LogP contribution < -0.4 is 5.73 Å². The zero-order valence-corrected chi connectivity index (χ0v) is 5.45. The SMILES string of the molecule is C=C(C)/C=C(/N)C(=C)F. The van der Waals surface area contributed by atoms with Gasteiger partial charge in [-0.2, -0.15) is 0 Å². The summed E-state index contributed by atoms with van der Waals surface area (Å²) in [6.45, 7) is 8.25. The molecule has 0 amide bonds. The van der Waals surface area contributed by atoms with Gasteiger partial charge in [0.2, 0.25) is 0 Å². The zero-order valence-electron chi connectivity index (χ0n) is 5.45. The molecule has 0 fully saturated rings. The summed E-state index contributed by atoms with van der Waals surface area (Å²) in [6.07, 6.45) is 1.43. The van der Waals surface area contributed by atoms with E-state index in [2.05, 4.69) is 13.2 Å². The van der Waals surface area contributed by atoms with Crippen LogP contribution in [0.25, 0.3) is 0 Å². The Hall–Kier alpha value is -1.05. The normalized spacial score (nSPS) is 11.1. The van der Waals surface area contributed by atoms with Crippen LogP contribution in [0.1, 0.15) is 6.92 Å². The fourth-order valence-electron chi connectivity index (χ4n) is 0.344. The molecule has 0 saturated heterocycles. The van der Waals surface area contributed by atoms with Gasteiger partial charge in [0.25, 0.3) is 0 Å². The van der Waals surface area contributed by atoms with E-state index in [0.717, 1.165) is 0 Å². The fraction of sp³-hybridized carbons (Fsp3) is 0.143. The standard InChI is InChI=1S/C7H10FN/c1-5(2)4-7(9)6(3)8/h4H,1,3,9H2,2H3/b7-4+. The van der Waals surface area contributed by atoms with Gasteiger partial charge in [-0.25, -0.2) is 4.39 Å². The van der Waals surface area contributed by atoms with E-state index in [1.54, 1.807) is 6.92 Å². The number of allylic oxidation sites excluding steroid dienone is 3. The molecular weight excluding hydrogens is 117 g/mol. The van der Waals surface area contributed by atoms with Gasteiger partial charge in [0, 0.05) is 0 Å². The van der Waals surface area contributed by atoms with E-state index in [0.29, 0.717) is 5.57 Å². The minimum Gasteiger partial charge on any atom is -0.396 e. The maximum Gasteiger partial charge on any atom is 0.138 e. The second kappa shape index (κ2) is 3.07.